The average molecular weight is 321 g/mol. The minimum Gasteiger partial charge on any atom is -0.207 e. The highest BCUT2D eigenvalue weighted by atomic mass is 79.9. The van der Waals surface area contributed by atoms with E-state index >= 15 is 0 Å². The molecule has 7 heteroatoms. The summed E-state index contributed by atoms with van der Waals surface area (Å²) >= 11 is 2.76. The zero-order valence-electron chi connectivity index (χ0n) is 8.29. The van der Waals surface area contributed by atoms with Crippen LogP contribution < -0.4 is 0 Å². The Balaban J connectivity index is 2.86. The first-order valence-corrected chi connectivity index (χ1v) is 5.47. The maximum Gasteiger partial charge on any atom is 0.389 e. The van der Waals surface area contributed by atoms with Crippen LogP contribution in [-0.4, -0.2) is 6.18 Å². The fourth-order valence-corrected chi connectivity index (χ4v) is 1.95. The number of alkyl halides is 4. The van der Waals surface area contributed by atoms with Crippen molar-refractivity contribution < 1.29 is 26.3 Å². The van der Waals surface area contributed by atoms with Gasteiger partial charge < -0.3 is 0 Å². The van der Waals surface area contributed by atoms with E-state index in [0.717, 1.165) is 0 Å². The Morgan fingerprint density at radius 1 is 1.06 bits per heavy atom. The van der Waals surface area contributed by atoms with Crippen LogP contribution in [0.2, 0.25) is 0 Å². The third-order valence-corrected chi connectivity index (χ3v) is 2.95. The number of hydrogen-bond donors (Lipinski definition) is 0. The third-order valence-electron chi connectivity index (χ3n) is 2.04. The van der Waals surface area contributed by atoms with Crippen molar-refractivity contribution in [3.8, 4) is 0 Å². The summed E-state index contributed by atoms with van der Waals surface area (Å²) < 4.78 is 74.7. The predicted octanol–water partition coefficient (Wildman–Crippen LogP) is 4.88. The molecule has 0 aliphatic heterocycles. The SMILES string of the molecule is Fc1cc(F)c(C(Br)CCC(F)(F)F)c(F)c1. The molecule has 0 aromatic heterocycles. The van der Waals surface area contributed by atoms with Gasteiger partial charge >= 0.3 is 6.18 Å². The second-order valence-corrected chi connectivity index (χ2v) is 4.51. The normalized spacial score (nSPS) is 13.8. The van der Waals surface area contributed by atoms with Gasteiger partial charge in [-0.05, 0) is 6.42 Å². The summed E-state index contributed by atoms with van der Waals surface area (Å²) in [6.07, 6.45) is -6.11. The first-order valence-electron chi connectivity index (χ1n) is 4.56. The molecule has 0 saturated heterocycles. The number of hydrogen-bond acceptors (Lipinski definition) is 0. The van der Waals surface area contributed by atoms with E-state index < -0.39 is 46.9 Å². The molecule has 17 heavy (non-hydrogen) atoms. The highest BCUT2D eigenvalue weighted by molar-refractivity contribution is 9.09. The lowest BCUT2D eigenvalue weighted by Gasteiger charge is -2.13. The standard InChI is InChI=1S/C10H7BrF6/c11-6(1-2-10(15,16)17)9-7(13)3-5(12)4-8(9)14/h3-4,6H,1-2H2. The molecule has 0 nitrogen and oxygen atoms in total. The molecule has 1 unspecified atom stereocenters. The van der Waals surface area contributed by atoms with E-state index in [0.29, 0.717) is 12.1 Å². The molecule has 1 rings (SSSR count). The Morgan fingerprint density at radius 3 is 1.94 bits per heavy atom. The molecule has 1 aromatic carbocycles. The maximum atomic E-state index is 13.2. The molecule has 0 radical (unpaired) electrons. The summed E-state index contributed by atoms with van der Waals surface area (Å²) in [5.41, 5.74) is -0.587. The van der Waals surface area contributed by atoms with E-state index in [1.54, 1.807) is 0 Å². The number of benzene rings is 1. The van der Waals surface area contributed by atoms with Crippen LogP contribution in [0.25, 0.3) is 0 Å². The quantitative estimate of drug-likeness (QED) is 0.550. The molecular weight excluding hydrogens is 314 g/mol. The Morgan fingerprint density at radius 2 is 1.53 bits per heavy atom. The van der Waals surface area contributed by atoms with Crippen LogP contribution in [0.1, 0.15) is 23.2 Å². The summed E-state index contributed by atoms with van der Waals surface area (Å²) in [5, 5.41) is 0. The van der Waals surface area contributed by atoms with Crippen LogP contribution in [0.15, 0.2) is 12.1 Å². The zero-order chi connectivity index (χ0) is 13.2. The summed E-state index contributed by atoms with van der Waals surface area (Å²) in [6.45, 7) is 0. The monoisotopic (exact) mass is 320 g/mol. The Hall–Kier alpha value is -0.720. The maximum absolute atomic E-state index is 13.2. The van der Waals surface area contributed by atoms with Crippen molar-refractivity contribution in [2.24, 2.45) is 0 Å². The third kappa shape index (κ3) is 4.22. The molecule has 0 aliphatic carbocycles. The number of halogens is 7. The summed E-state index contributed by atoms with van der Waals surface area (Å²) in [7, 11) is 0. The highest BCUT2D eigenvalue weighted by Crippen LogP contribution is 2.35. The number of rotatable bonds is 3. The molecule has 96 valence electrons. The molecule has 0 bridgehead atoms. The van der Waals surface area contributed by atoms with Crippen molar-refractivity contribution in [2.45, 2.75) is 23.8 Å². The minimum atomic E-state index is -4.40. The van der Waals surface area contributed by atoms with Crippen molar-refractivity contribution in [3.05, 3.63) is 35.1 Å². The average Bonchev–Trinajstić information content (AvgIpc) is 2.11. The van der Waals surface area contributed by atoms with Gasteiger partial charge in [0, 0.05) is 28.9 Å². The second kappa shape index (κ2) is 5.29. The highest BCUT2D eigenvalue weighted by Gasteiger charge is 2.29. The van der Waals surface area contributed by atoms with Gasteiger partial charge in [-0.3, -0.25) is 0 Å². The zero-order valence-corrected chi connectivity index (χ0v) is 9.88. The van der Waals surface area contributed by atoms with Gasteiger partial charge in [-0.1, -0.05) is 15.9 Å². The lowest BCUT2D eigenvalue weighted by atomic mass is 10.1. The molecule has 0 saturated carbocycles. The summed E-state index contributed by atoms with van der Waals surface area (Å²) in [5.74, 6) is -3.52. The van der Waals surface area contributed by atoms with Crippen LogP contribution in [0.5, 0.6) is 0 Å². The summed E-state index contributed by atoms with van der Waals surface area (Å²) in [4.78, 5) is -1.15. The van der Waals surface area contributed by atoms with Crippen molar-refractivity contribution in [1.82, 2.24) is 0 Å². The van der Waals surface area contributed by atoms with E-state index in [4.69, 9.17) is 0 Å². The fraction of sp³-hybridized carbons (Fsp3) is 0.400. The van der Waals surface area contributed by atoms with Gasteiger partial charge in [0.1, 0.15) is 17.5 Å². The first-order chi connectivity index (χ1) is 7.70. The fourth-order valence-electron chi connectivity index (χ4n) is 1.29. The van der Waals surface area contributed by atoms with Crippen LogP contribution in [0, 0.1) is 17.5 Å². The molecule has 0 amide bonds. The topological polar surface area (TPSA) is 0 Å². The molecule has 0 spiro atoms. The summed E-state index contributed by atoms with van der Waals surface area (Å²) in [6, 6.07) is 0.862. The molecule has 1 aromatic rings. The molecular formula is C10H7BrF6. The van der Waals surface area contributed by atoms with E-state index in [9.17, 15) is 26.3 Å². The molecule has 1 atom stereocenters. The van der Waals surface area contributed by atoms with E-state index in [-0.39, 0.29) is 0 Å². The van der Waals surface area contributed by atoms with Crippen LogP contribution in [-0.2, 0) is 0 Å². The van der Waals surface area contributed by atoms with E-state index in [1.807, 2.05) is 0 Å². The largest absolute Gasteiger partial charge is 0.389 e. The van der Waals surface area contributed by atoms with Crippen LogP contribution >= 0.6 is 15.9 Å². The minimum absolute atomic E-state index is 0.431. The lowest BCUT2D eigenvalue weighted by molar-refractivity contribution is -0.135. The van der Waals surface area contributed by atoms with Crippen molar-refractivity contribution in [1.29, 1.82) is 0 Å². The molecule has 0 N–H and O–H groups in total. The Bertz CT molecular complexity index is 377. The smallest absolute Gasteiger partial charge is 0.207 e. The van der Waals surface area contributed by atoms with Gasteiger partial charge in [0.05, 0.1) is 0 Å². The van der Waals surface area contributed by atoms with E-state index in [2.05, 4.69) is 15.9 Å². The Kier molecular flexibility index (Phi) is 4.46. The van der Waals surface area contributed by atoms with Gasteiger partial charge in [0.25, 0.3) is 0 Å². The van der Waals surface area contributed by atoms with Gasteiger partial charge in [0.2, 0.25) is 0 Å². The first kappa shape index (κ1) is 14.3. The second-order valence-electron chi connectivity index (χ2n) is 3.40. The molecule has 0 aliphatic rings. The Labute approximate surface area is 102 Å². The predicted molar refractivity (Wildman–Crippen MR) is 53.3 cm³/mol. The molecule has 0 heterocycles. The van der Waals surface area contributed by atoms with Crippen molar-refractivity contribution in [2.75, 3.05) is 0 Å². The van der Waals surface area contributed by atoms with Gasteiger partial charge in [-0.15, -0.1) is 0 Å². The van der Waals surface area contributed by atoms with Crippen LogP contribution in [0.3, 0.4) is 0 Å². The van der Waals surface area contributed by atoms with E-state index in [1.165, 1.54) is 0 Å². The molecule has 0 fully saturated rings. The van der Waals surface area contributed by atoms with Crippen LogP contribution in [0.4, 0.5) is 26.3 Å². The lowest BCUT2D eigenvalue weighted by Crippen LogP contribution is -2.09. The van der Waals surface area contributed by atoms with Crippen molar-refractivity contribution >= 4 is 15.9 Å². The van der Waals surface area contributed by atoms with Gasteiger partial charge in [-0.25, -0.2) is 13.2 Å². The van der Waals surface area contributed by atoms with Gasteiger partial charge in [0.15, 0.2) is 0 Å². The van der Waals surface area contributed by atoms with Crippen molar-refractivity contribution in [3.63, 3.8) is 0 Å². The van der Waals surface area contributed by atoms with Gasteiger partial charge in [-0.2, -0.15) is 13.2 Å².